The van der Waals surface area contributed by atoms with E-state index in [1.54, 1.807) is 0 Å². The summed E-state index contributed by atoms with van der Waals surface area (Å²) < 4.78 is 0. The average molecular weight is 366 g/mol. The lowest BCUT2D eigenvalue weighted by Gasteiger charge is -2.11. The molecule has 0 amide bonds. The Hall–Kier alpha value is -3.64. The lowest BCUT2D eigenvalue weighted by Crippen LogP contribution is -1.86. The summed E-state index contributed by atoms with van der Waals surface area (Å²) in [5.41, 5.74) is 5.76. The Kier molecular flexibility index (Phi) is 2.88. The van der Waals surface area contributed by atoms with Crippen molar-refractivity contribution in [2.75, 3.05) is 0 Å². The van der Waals surface area contributed by atoms with Crippen molar-refractivity contribution in [2.45, 2.75) is 6.42 Å². The Morgan fingerprint density at radius 2 is 1.17 bits per heavy atom. The smallest absolute Gasteiger partial charge is 0.000683 e. The van der Waals surface area contributed by atoms with Crippen LogP contribution in [0, 0.1) is 0 Å². The highest BCUT2D eigenvalue weighted by molar-refractivity contribution is 6.15. The molecular weight excluding hydrogens is 348 g/mol. The average Bonchev–Trinajstić information content (AvgIpc) is 3.16. The largest absolute Gasteiger partial charge is 0.0616 e. The first-order valence-electron chi connectivity index (χ1n) is 10.2. The van der Waals surface area contributed by atoms with E-state index in [-0.39, 0.29) is 0 Å². The van der Waals surface area contributed by atoms with E-state index >= 15 is 0 Å². The van der Waals surface area contributed by atoms with Crippen LogP contribution in [-0.4, -0.2) is 0 Å². The highest BCUT2D eigenvalue weighted by Gasteiger charge is 2.23. The van der Waals surface area contributed by atoms with E-state index < -0.39 is 0 Å². The normalized spacial score (nSPS) is 12.7. The van der Waals surface area contributed by atoms with Crippen LogP contribution in [0.25, 0.3) is 54.2 Å². The number of benzene rings is 6. The number of hydrogen-bond donors (Lipinski definition) is 0. The van der Waals surface area contributed by atoms with Crippen LogP contribution in [-0.2, 0) is 6.42 Å². The van der Waals surface area contributed by atoms with Gasteiger partial charge in [-0.25, -0.2) is 0 Å². The summed E-state index contributed by atoms with van der Waals surface area (Å²) in [7, 11) is 0. The first kappa shape index (κ1) is 15.3. The zero-order valence-corrected chi connectivity index (χ0v) is 15.9. The molecule has 0 heterocycles. The molecule has 0 fully saturated rings. The summed E-state index contributed by atoms with van der Waals surface area (Å²) in [5.74, 6) is 0. The molecule has 0 aromatic heterocycles. The van der Waals surface area contributed by atoms with E-state index in [0.29, 0.717) is 0 Å². The molecule has 0 bridgehead atoms. The van der Waals surface area contributed by atoms with Crippen molar-refractivity contribution in [3.63, 3.8) is 0 Å². The van der Waals surface area contributed by atoms with Crippen LogP contribution < -0.4 is 0 Å². The van der Waals surface area contributed by atoms with Crippen LogP contribution in [0.5, 0.6) is 0 Å². The minimum Gasteiger partial charge on any atom is -0.0616 e. The lowest BCUT2D eigenvalue weighted by atomic mass is 9.93. The summed E-state index contributed by atoms with van der Waals surface area (Å²) >= 11 is 0. The van der Waals surface area contributed by atoms with Crippen molar-refractivity contribution in [3.8, 4) is 11.1 Å². The van der Waals surface area contributed by atoms with Gasteiger partial charge in [-0.15, -0.1) is 0 Å². The molecule has 0 aliphatic heterocycles. The van der Waals surface area contributed by atoms with Gasteiger partial charge in [0.1, 0.15) is 0 Å². The Morgan fingerprint density at radius 1 is 0.483 bits per heavy atom. The topological polar surface area (TPSA) is 0 Å². The summed E-state index contributed by atoms with van der Waals surface area (Å²) in [6, 6.07) is 36.0. The first-order valence-corrected chi connectivity index (χ1v) is 10.2. The second-order valence-corrected chi connectivity index (χ2v) is 8.17. The van der Waals surface area contributed by atoms with Gasteiger partial charge in [0.15, 0.2) is 0 Å². The highest BCUT2D eigenvalue weighted by atomic mass is 14.3. The van der Waals surface area contributed by atoms with Gasteiger partial charge in [-0.05, 0) is 83.9 Å². The van der Waals surface area contributed by atoms with Gasteiger partial charge in [0.25, 0.3) is 0 Å². The van der Waals surface area contributed by atoms with E-state index in [1.165, 1.54) is 65.3 Å². The number of fused-ring (bicyclic) bond motifs is 10. The maximum Gasteiger partial charge on any atom is -0.000683 e. The van der Waals surface area contributed by atoms with E-state index in [0.717, 1.165) is 6.42 Å². The van der Waals surface area contributed by atoms with Gasteiger partial charge in [0.2, 0.25) is 0 Å². The zero-order chi connectivity index (χ0) is 18.9. The molecular formula is C29H18. The van der Waals surface area contributed by atoms with E-state index in [4.69, 9.17) is 0 Å². The molecule has 0 spiro atoms. The van der Waals surface area contributed by atoms with Crippen LogP contribution in [0.15, 0.2) is 97.1 Å². The molecule has 0 saturated carbocycles. The summed E-state index contributed by atoms with van der Waals surface area (Å²) in [4.78, 5) is 0. The van der Waals surface area contributed by atoms with Crippen LogP contribution in [0.3, 0.4) is 0 Å². The molecule has 0 nitrogen and oxygen atoms in total. The second-order valence-electron chi connectivity index (χ2n) is 8.17. The molecule has 0 saturated heterocycles. The Labute approximate surface area is 169 Å². The van der Waals surface area contributed by atoms with Crippen molar-refractivity contribution in [1.82, 2.24) is 0 Å². The molecule has 134 valence electrons. The fourth-order valence-electron chi connectivity index (χ4n) is 5.31. The van der Waals surface area contributed by atoms with Crippen LogP contribution >= 0.6 is 0 Å². The molecule has 0 heteroatoms. The Bertz CT molecular complexity index is 1620. The monoisotopic (exact) mass is 366 g/mol. The maximum atomic E-state index is 2.38. The van der Waals surface area contributed by atoms with Crippen LogP contribution in [0.4, 0.5) is 0 Å². The van der Waals surface area contributed by atoms with Crippen molar-refractivity contribution >= 4 is 43.1 Å². The van der Waals surface area contributed by atoms with Gasteiger partial charge in [-0.1, -0.05) is 84.9 Å². The van der Waals surface area contributed by atoms with Crippen molar-refractivity contribution in [1.29, 1.82) is 0 Å². The van der Waals surface area contributed by atoms with Gasteiger partial charge < -0.3 is 0 Å². The van der Waals surface area contributed by atoms with Gasteiger partial charge in [0, 0.05) is 0 Å². The van der Waals surface area contributed by atoms with Crippen molar-refractivity contribution in [3.05, 3.63) is 108 Å². The molecule has 0 atom stereocenters. The molecule has 6 aromatic rings. The van der Waals surface area contributed by atoms with Crippen LogP contribution in [0.1, 0.15) is 11.1 Å². The van der Waals surface area contributed by atoms with Gasteiger partial charge in [-0.2, -0.15) is 0 Å². The van der Waals surface area contributed by atoms with E-state index in [1.807, 2.05) is 0 Å². The quantitative estimate of drug-likeness (QED) is 0.189. The maximum absolute atomic E-state index is 2.38. The molecule has 7 rings (SSSR count). The molecule has 0 N–H and O–H groups in total. The number of rotatable bonds is 0. The third-order valence-corrected chi connectivity index (χ3v) is 6.63. The van der Waals surface area contributed by atoms with E-state index in [2.05, 4.69) is 97.1 Å². The van der Waals surface area contributed by atoms with Crippen LogP contribution in [0.2, 0.25) is 0 Å². The highest BCUT2D eigenvalue weighted by Crippen LogP contribution is 2.46. The third-order valence-electron chi connectivity index (χ3n) is 6.63. The minimum absolute atomic E-state index is 1.01. The fraction of sp³-hybridized carbons (Fsp3) is 0.0345. The lowest BCUT2D eigenvalue weighted by molar-refractivity contribution is 1.29. The Balaban J connectivity index is 1.62. The standard InChI is InChI=1S/C29H18/c1-2-7-21-16-26-22(15-20(21)6-1)11-12-23-17-27-25(29(23)26)14-13-19-10-9-18-5-3-4-8-24(18)28(19)27/h1-16H,17H2. The van der Waals surface area contributed by atoms with Crippen molar-refractivity contribution in [2.24, 2.45) is 0 Å². The van der Waals surface area contributed by atoms with Gasteiger partial charge in [-0.3, -0.25) is 0 Å². The van der Waals surface area contributed by atoms with Gasteiger partial charge >= 0.3 is 0 Å². The Morgan fingerprint density at radius 3 is 2.07 bits per heavy atom. The zero-order valence-electron chi connectivity index (χ0n) is 15.9. The molecule has 29 heavy (non-hydrogen) atoms. The minimum atomic E-state index is 1.01. The molecule has 0 radical (unpaired) electrons. The molecule has 0 unspecified atom stereocenters. The van der Waals surface area contributed by atoms with Gasteiger partial charge in [0.05, 0.1) is 0 Å². The SMILES string of the molecule is c1ccc2cc3c4c(ccc3cc2c1)Cc1c-4ccc2ccc3ccccc3c12. The second kappa shape index (κ2) is 5.46. The summed E-state index contributed by atoms with van der Waals surface area (Å²) in [6.45, 7) is 0. The third kappa shape index (κ3) is 2.04. The van der Waals surface area contributed by atoms with Crippen molar-refractivity contribution < 1.29 is 0 Å². The van der Waals surface area contributed by atoms with E-state index in [9.17, 15) is 0 Å². The predicted molar refractivity (Wildman–Crippen MR) is 125 cm³/mol. The molecule has 1 aliphatic carbocycles. The predicted octanol–water partition coefficient (Wildman–Crippen LogP) is 7.87. The first-order chi connectivity index (χ1) is 14.4. The molecule has 6 aromatic carbocycles. The number of hydrogen-bond acceptors (Lipinski definition) is 0. The fourth-order valence-corrected chi connectivity index (χ4v) is 5.31. The molecule has 1 aliphatic rings. The summed E-state index contributed by atoms with van der Waals surface area (Å²) in [6.07, 6.45) is 1.01. The summed E-state index contributed by atoms with van der Waals surface area (Å²) in [5, 5.41) is 10.8.